The first-order valence-electron chi connectivity index (χ1n) is 11.3. The number of hydrogen-bond donors (Lipinski definition) is 1. The second-order valence-electron chi connectivity index (χ2n) is 8.68. The van der Waals surface area contributed by atoms with Crippen LogP contribution in [0.25, 0.3) is 0 Å². The fourth-order valence-electron chi connectivity index (χ4n) is 4.00. The van der Waals surface area contributed by atoms with Gasteiger partial charge < -0.3 is 15.0 Å². The largest absolute Gasteiger partial charge is 0.494 e. The van der Waals surface area contributed by atoms with Crippen molar-refractivity contribution in [2.45, 2.75) is 52.5 Å². The van der Waals surface area contributed by atoms with Crippen LogP contribution in [0.2, 0.25) is 0 Å². The molecule has 5 nitrogen and oxygen atoms in total. The molecular formula is C26H34N2O3. The van der Waals surface area contributed by atoms with Crippen LogP contribution < -0.4 is 10.1 Å². The lowest BCUT2D eigenvalue weighted by atomic mass is 10.0. The van der Waals surface area contributed by atoms with Gasteiger partial charge in [-0.15, -0.1) is 0 Å². The zero-order valence-electron chi connectivity index (χ0n) is 18.9. The molecule has 5 heteroatoms. The fourth-order valence-corrected chi connectivity index (χ4v) is 4.00. The summed E-state index contributed by atoms with van der Waals surface area (Å²) in [5, 5.41) is 3.14. The van der Waals surface area contributed by atoms with E-state index in [-0.39, 0.29) is 17.9 Å². The fraction of sp³-hybridized carbons (Fsp3) is 0.462. The third kappa shape index (κ3) is 6.84. The molecule has 3 rings (SSSR count). The van der Waals surface area contributed by atoms with Gasteiger partial charge in [-0.1, -0.05) is 38.1 Å². The van der Waals surface area contributed by atoms with Crippen molar-refractivity contribution in [2.75, 3.05) is 19.7 Å². The molecule has 31 heavy (non-hydrogen) atoms. The van der Waals surface area contributed by atoms with Crippen LogP contribution in [-0.4, -0.2) is 42.5 Å². The maximum absolute atomic E-state index is 12.7. The first-order chi connectivity index (χ1) is 14.9. The van der Waals surface area contributed by atoms with E-state index in [1.54, 1.807) is 0 Å². The van der Waals surface area contributed by atoms with Crippen molar-refractivity contribution in [1.82, 2.24) is 10.2 Å². The third-order valence-electron chi connectivity index (χ3n) is 5.59. The van der Waals surface area contributed by atoms with Crippen LogP contribution in [0, 0.1) is 5.92 Å². The molecule has 0 atom stereocenters. The second-order valence-corrected chi connectivity index (χ2v) is 8.68. The molecular weight excluding hydrogens is 388 g/mol. The summed E-state index contributed by atoms with van der Waals surface area (Å²) < 4.78 is 5.44. The Labute approximate surface area is 185 Å². The molecule has 166 valence electrons. The van der Waals surface area contributed by atoms with E-state index in [2.05, 4.69) is 43.4 Å². The van der Waals surface area contributed by atoms with E-state index in [4.69, 9.17) is 4.74 Å². The smallest absolute Gasteiger partial charge is 0.253 e. The predicted molar refractivity (Wildman–Crippen MR) is 123 cm³/mol. The van der Waals surface area contributed by atoms with E-state index in [1.807, 2.05) is 36.1 Å². The van der Waals surface area contributed by atoms with Crippen LogP contribution >= 0.6 is 0 Å². The van der Waals surface area contributed by atoms with Gasteiger partial charge in [0.25, 0.3) is 5.91 Å². The summed E-state index contributed by atoms with van der Waals surface area (Å²) in [5.74, 6) is 1.48. The van der Waals surface area contributed by atoms with Crippen LogP contribution in [0.4, 0.5) is 0 Å². The number of benzene rings is 2. The van der Waals surface area contributed by atoms with Crippen LogP contribution in [0.5, 0.6) is 5.75 Å². The number of amides is 2. The van der Waals surface area contributed by atoms with Crippen molar-refractivity contribution in [1.29, 1.82) is 0 Å². The first kappa shape index (κ1) is 22.9. The lowest BCUT2D eigenvalue weighted by Crippen LogP contribution is -2.46. The maximum Gasteiger partial charge on any atom is 0.253 e. The SMILES string of the molecule is CCOc1ccc(C(=O)N2CCC(NC(=O)Cc3ccc(CC(C)C)cc3)CC2)cc1. The summed E-state index contributed by atoms with van der Waals surface area (Å²) in [7, 11) is 0. The number of rotatable bonds is 8. The lowest BCUT2D eigenvalue weighted by Gasteiger charge is -2.32. The Bertz CT molecular complexity index is 851. The molecule has 0 aromatic heterocycles. The van der Waals surface area contributed by atoms with Gasteiger partial charge in [0.05, 0.1) is 13.0 Å². The monoisotopic (exact) mass is 422 g/mol. The highest BCUT2D eigenvalue weighted by atomic mass is 16.5. The summed E-state index contributed by atoms with van der Waals surface area (Å²) in [6, 6.07) is 15.8. The van der Waals surface area contributed by atoms with E-state index in [0.717, 1.165) is 30.6 Å². The van der Waals surface area contributed by atoms with Gasteiger partial charge in [-0.2, -0.15) is 0 Å². The van der Waals surface area contributed by atoms with Crippen molar-refractivity contribution < 1.29 is 14.3 Å². The Balaban J connectivity index is 1.44. The van der Waals surface area contributed by atoms with Crippen LogP contribution in [0.3, 0.4) is 0 Å². The number of nitrogens with one attached hydrogen (secondary N) is 1. The van der Waals surface area contributed by atoms with E-state index in [9.17, 15) is 9.59 Å². The van der Waals surface area contributed by atoms with E-state index in [1.165, 1.54) is 5.56 Å². The number of carbonyl (C=O) groups is 2. The standard InChI is InChI=1S/C26H34N2O3/c1-4-31-24-11-9-22(10-12-24)26(30)28-15-13-23(14-16-28)27-25(29)18-21-7-5-20(6-8-21)17-19(2)3/h5-12,19,23H,4,13-18H2,1-3H3,(H,27,29). The quantitative estimate of drug-likeness (QED) is 0.692. The van der Waals surface area contributed by atoms with Crippen molar-refractivity contribution >= 4 is 11.8 Å². The van der Waals surface area contributed by atoms with Gasteiger partial charge in [0.2, 0.25) is 5.91 Å². The maximum atomic E-state index is 12.7. The van der Waals surface area contributed by atoms with Gasteiger partial charge in [0.15, 0.2) is 0 Å². The number of likely N-dealkylation sites (tertiary alicyclic amines) is 1. The molecule has 1 aliphatic rings. The highest BCUT2D eigenvalue weighted by Gasteiger charge is 2.24. The molecule has 0 saturated carbocycles. The van der Waals surface area contributed by atoms with Crippen LogP contribution in [0.15, 0.2) is 48.5 Å². The van der Waals surface area contributed by atoms with Crippen LogP contribution in [-0.2, 0) is 17.6 Å². The minimum Gasteiger partial charge on any atom is -0.494 e. The molecule has 0 spiro atoms. The summed E-state index contributed by atoms with van der Waals surface area (Å²) in [6.45, 7) is 8.26. The van der Waals surface area contributed by atoms with Crippen molar-refractivity contribution in [3.05, 3.63) is 65.2 Å². The molecule has 0 bridgehead atoms. The molecule has 0 unspecified atom stereocenters. The van der Waals surface area contributed by atoms with Gasteiger partial charge in [-0.05, 0) is 67.5 Å². The average molecular weight is 423 g/mol. The molecule has 1 heterocycles. The predicted octanol–water partition coefficient (Wildman–Crippen LogP) is 4.25. The summed E-state index contributed by atoms with van der Waals surface area (Å²) >= 11 is 0. The Morgan fingerprint density at radius 2 is 1.61 bits per heavy atom. The van der Waals surface area contributed by atoms with Gasteiger partial charge in [-0.25, -0.2) is 0 Å². The van der Waals surface area contributed by atoms with Crippen LogP contribution in [0.1, 0.15) is 55.1 Å². The molecule has 2 amide bonds. The number of carbonyl (C=O) groups excluding carboxylic acids is 2. The molecule has 1 N–H and O–H groups in total. The lowest BCUT2D eigenvalue weighted by molar-refractivity contribution is -0.121. The zero-order valence-corrected chi connectivity index (χ0v) is 18.9. The zero-order chi connectivity index (χ0) is 22.2. The molecule has 1 saturated heterocycles. The number of piperidine rings is 1. The Morgan fingerprint density at radius 3 is 2.19 bits per heavy atom. The van der Waals surface area contributed by atoms with Crippen molar-refractivity contribution in [2.24, 2.45) is 5.92 Å². The molecule has 2 aromatic rings. The molecule has 1 fully saturated rings. The topological polar surface area (TPSA) is 58.6 Å². The molecule has 2 aromatic carbocycles. The van der Waals surface area contributed by atoms with E-state index >= 15 is 0 Å². The Morgan fingerprint density at radius 1 is 1.00 bits per heavy atom. The summed E-state index contributed by atoms with van der Waals surface area (Å²) in [4.78, 5) is 27.1. The summed E-state index contributed by atoms with van der Waals surface area (Å²) in [5.41, 5.74) is 3.02. The van der Waals surface area contributed by atoms with E-state index < -0.39 is 0 Å². The Kier molecular flexibility index (Phi) is 8.10. The highest BCUT2D eigenvalue weighted by Crippen LogP contribution is 2.17. The average Bonchev–Trinajstić information content (AvgIpc) is 2.75. The minimum absolute atomic E-state index is 0.0364. The van der Waals surface area contributed by atoms with Crippen molar-refractivity contribution in [3.8, 4) is 5.75 Å². The molecule has 0 radical (unpaired) electrons. The highest BCUT2D eigenvalue weighted by molar-refractivity contribution is 5.94. The normalized spacial score (nSPS) is 14.5. The Hall–Kier alpha value is -2.82. The van der Waals surface area contributed by atoms with Gasteiger partial charge >= 0.3 is 0 Å². The number of ether oxygens (including phenoxy) is 1. The van der Waals surface area contributed by atoms with Crippen molar-refractivity contribution in [3.63, 3.8) is 0 Å². The summed E-state index contributed by atoms with van der Waals surface area (Å²) in [6.07, 6.45) is 3.01. The third-order valence-corrected chi connectivity index (χ3v) is 5.59. The second kappa shape index (κ2) is 11.0. The minimum atomic E-state index is 0.0364. The van der Waals surface area contributed by atoms with Gasteiger partial charge in [0, 0.05) is 24.7 Å². The van der Waals surface area contributed by atoms with E-state index in [0.29, 0.717) is 37.6 Å². The first-order valence-corrected chi connectivity index (χ1v) is 11.3. The van der Waals surface area contributed by atoms with Gasteiger partial charge in [0.1, 0.15) is 5.75 Å². The number of hydrogen-bond acceptors (Lipinski definition) is 3. The van der Waals surface area contributed by atoms with Gasteiger partial charge in [-0.3, -0.25) is 9.59 Å². The molecule has 1 aliphatic heterocycles. The number of nitrogens with zero attached hydrogens (tertiary/aromatic N) is 1. The molecule has 0 aliphatic carbocycles.